The number of nitrogens with two attached hydrogens (primary N) is 1. The van der Waals surface area contributed by atoms with Crippen molar-refractivity contribution in [1.82, 2.24) is 15.5 Å². The van der Waals surface area contributed by atoms with Gasteiger partial charge in [0.05, 0.1) is 28.1 Å². The molecule has 1 unspecified atom stereocenters. The molecule has 1 aliphatic heterocycles. The van der Waals surface area contributed by atoms with Crippen LogP contribution in [0.2, 0.25) is 5.02 Å². The van der Waals surface area contributed by atoms with Gasteiger partial charge in [-0.3, -0.25) is 9.59 Å². The highest BCUT2D eigenvalue weighted by atomic mass is 35.5. The van der Waals surface area contributed by atoms with E-state index in [1.165, 1.54) is 17.4 Å². The molecule has 194 valence electrons. The van der Waals surface area contributed by atoms with Gasteiger partial charge in [0.25, 0.3) is 12.3 Å². The molecule has 1 aromatic heterocycles. The van der Waals surface area contributed by atoms with E-state index in [-0.39, 0.29) is 12.2 Å². The summed E-state index contributed by atoms with van der Waals surface area (Å²) in [6.45, 7) is -0.205. The predicted octanol–water partition coefficient (Wildman–Crippen LogP) is 2.94. The lowest BCUT2D eigenvalue weighted by Crippen LogP contribution is -2.36. The first-order valence-electron chi connectivity index (χ1n) is 10.1. The van der Waals surface area contributed by atoms with Crippen LogP contribution in [0.3, 0.4) is 0 Å². The molecule has 37 heavy (non-hydrogen) atoms. The van der Waals surface area contributed by atoms with Crippen LogP contribution in [0, 0.1) is 5.82 Å². The van der Waals surface area contributed by atoms with E-state index < -0.39 is 68.1 Å². The van der Waals surface area contributed by atoms with Crippen molar-refractivity contribution in [1.29, 1.82) is 0 Å². The number of benzene rings is 2. The van der Waals surface area contributed by atoms with E-state index in [1.807, 2.05) is 0 Å². The largest absolute Gasteiger partial charge is 0.394 e. The van der Waals surface area contributed by atoms with Crippen molar-refractivity contribution in [3.63, 3.8) is 0 Å². The molecule has 16 heteroatoms. The molecule has 10 nitrogen and oxygen atoms in total. The molecule has 0 saturated carbocycles. The van der Waals surface area contributed by atoms with Crippen LogP contribution < -0.4 is 16.0 Å². The Kier molecular flexibility index (Phi) is 6.92. The first-order valence-corrected chi connectivity index (χ1v) is 12.0. The lowest BCUT2D eigenvalue weighted by Gasteiger charge is -2.23. The average Bonchev–Trinajstić information content (AvgIpc) is 3.31. The minimum absolute atomic E-state index is 0.205. The number of alkyl halides is 3. The molecule has 0 spiro atoms. The van der Waals surface area contributed by atoms with E-state index in [0.29, 0.717) is 22.1 Å². The number of fused-ring (bicyclic) bond motifs is 1. The average molecular weight is 560 g/mol. The maximum absolute atomic E-state index is 15.0. The summed E-state index contributed by atoms with van der Waals surface area (Å²) in [4.78, 5) is 28.8. The van der Waals surface area contributed by atoms with Crippen LogP contribution in [0.15, 0.2) is 56.9 Å². The Morgan fingerprint density at radius 3 is 2.51 bits per heavy atom. The van der Waals surface area contributed by atoms with Crippen LogP contribution in [0.4, 0.5) is 23.2 Å². The molecule has 1 atom stereocenters. The normalized spacial score (nSPS) is 15.7. The summed E-state index contributed by atoms with van der Waals surface area (Å²) < 4.78 is 83.1. The topological polar surface area (TPSA) is 148 Å². The smallest absolute Gasteiger partial charge is 0.316 e. The van der Waals surface area contributed by atoms with Crippen molar-refractivity contribution in [2.45, 2.75) is 24.2 Å². The third-order valence-corrected chi connectivity index (χ3v) is 6.78. The molecule has 0 bridgehead atoms. The third kappa shape index (κ3) is 5.27. The second kappa shape index (κ2) is 9.82. The zero-order valence-electron chi connectivity index (χ0n) is 18.2. The van der Waals surface area contributed by atoms with E-state index in [4.69, 9.17) is 17.3 Å². The quantitative estimate of drug-likeness (QED) is 0.346. The predicted molar refractivity (Wildman–Crippen MR) is 120 cm³/mol. The summed E-state index contributed by atoms with van der Waals surface area (Å²) in [7, 11) is -4.40. The molecular weight excluding hydrogens is 546 g/mol. The SMILES string of the molecule is NC1=CS(=O)(=O)c2cc(F)c(-c3noc(C(=O)NC(F)C(F)F)n3)cc2N(Cc2ccc(Cl)cc2)C1=O. The van der Waals surface area contributed by atoms with Crippen LogP contribution >= 0.6 is 11.6 Å². The number of hydrogen-bond acceptors (Lipinski definition) is 8. The summed E-state index contributed by atoms with van der Waals surface area (Å²) in [5.74, 6) is -5.19. The molecule has 3 N–H and O–H groups in total. The zero-order chi connectivity index (χ0) is 27.1. The number of anilines is 1. The van der Waals surface area contributed by atoms with Crippen LogP contribution in [0.25, 0.3) is 11.4 Å². The summed E-state index contributed by atoms with van der Waals surface area (Å²) in [5.41, 5.74) is 4.76. The Labute approximate surface area is 210 Å². The van der Waals surface area contributed by atoms with Crippen molar-refractivity contribution in [2.75, 3.05) is 4.90 Å². The number of hydrogen-bond donors (Lipinski definition) is 2. The number of carbonyl (C=O) groups excluding carboxylic acids is 2. The fraction of sp³-hybridized carbons (Fsp3) is 0.143. The maximum Gasteiger partial charge on any atom is 0.316 e. The van der Waals surface area contributed by atoms with Crippen molar-refractivity contribution in [3.8, 4) is 11.4 Å². The second-order valence-corrected chi connectivity index (χ2v) is 9.77. The molecular formula is C21H14ClF4N5O5S. The van der Waals surface area contributed by atoms with Crippen LogP contribution in [-0.4, -0.2) is 43.1 Å². The Morgan fingerprint density at radius 1 is 1.19 bits per heavy atom. The highest BCUT2D eigenvalue weighted by Gasteiger charge is 2.33. The number of sulfone groups is 1. The Balaban J connectivity index is 1.80. The van der Waals surface area contributed by atoms with Crippen LogP contribution in [0.1, 0.15) is 16.2 Å². The van der Waals surface area contributed by atoms with Gasteiger partial charge in [-0.1, -0.05) is 28.9 Å². The van der Waals surface area contributed by atoms with Gasteiger partial charge in [0.2, 0.25) is 22.0 Å². The Morgan fingerprint density at radius 2 is 1.86 bits per heavy atom. The lowest BCUT2D eigenvalue weighted by molar-refractivity contribution is -0.115. The molecule has 3 aromatic rings. The molecule has 0 aliphatic carbocycles. The molecule has 2 amide bonds. The van der Waals surface area contributed by atoms with E-state index in [2.05, 4.69) is 14.7 Å². The van der Waals surface area contributed by atoms with Gasteiger partial charge in [0.15, 0.2) is 0 Å². The number of halogens is 5. The zero-order valence-corrected chi connectivity index (χ0v) is 19.7. The first kappa shape index (κ1) is 26.1. The molecule has 2 aromatic carbocycles. The van der Waals surface area contributed by atoms with Gasteiger partial charge in [0, 0.05) is 5.02 Å². The second-order valence-electron chi connectivity index (χ2n) is 7.57. The highest BCUT2D eigenvalue weighted by Crippen LogP contribution is 2.37. The van der Waals surface area contributed by atoms with Crippen LogP contribution in [-0.2, 0) is 21.2 Å². The van der Waals surface area contributed by atoms with Crippen LogP contribution in [0.5, 0.6) is 0 Å². The fourth-order valence-electron chi connectivity index (χ4n) is 3.30. The standard InChI is InChI=1S/C21H14ClF4N5O5S/c22-10-3-1-9(2-4-10)7-31-14-5-11(12(23)6-15(14)37(34,35)8-13(27)21(31)33)18-29-20(36-30-18)19(32)28-17(26)16(24)25/h1-6,8,16-17H,7,27H2,(H,28,32). The Bertz CT molecular complexity index is 1530. The molecule has 2 heterocycles. The van der Waals surface area contributed by atoms with Gasteiger partial charge < -0.3 is 20.5 Å². The molecule has 0 saturated heterocycles. The van der Waals surface area contributed by atoms with E-state index in [0.717, 1.165) is 11.0 Å². The number of amides is 2. The monoisotopic (exact) mass is 559 g/mol. The van der Waals surface area contributed by atoms with Crippen molar-refractivity contribution in [3.05, 3.63) is 69.8 Å². The summed E-state index contributed by atoms with van der Waals surface area (Å²) in [6.07, 6.45) is -6.55. The van der Waals surface area contributed by atoms with E-state index >= 15 is 4.39 Å². The third-order valence-electron chi connectivity index (χ3n) is 5.03. The van der Waals surface area contributed by atoms with E-state index in [1.54, 1.807) is 12.1 Å². The number of rotatable bonds is 6. The van der Waals surface area contributed by atoms with Gasteiger partial charge in [-0.25, -0.2) is 26.0 Å². The van der Waals surface area contributed by atoms with E-state index in [9.17, 15) is 31.2 Å². The molecule has 4 rings (SSSR count). The Hall–Kier alpha value is -3.98. The van der Waals surface area contributed by atoms with Crippen molar-refractivity contribution in [2.24, 2.45) is 5.73 Å². The van der Waals surface area contributed by atoms with Gasteiger partial charge in [0.1, 0.15) is 11.5 Å². The van der Waals surface area contributed by atoms with Crippen molar-refractivity contribution >= 4 is 38.9 Å². The van der Waals surface area contributed by atoms with Gasteiger partial charge >= 0.3 is 11.8 Å². The minimum Gasteiger partial charge on any atom is -0.394 e. The number of nitrogens with one attached hydrogen (secondary N) is 1. The lowest BCUT2D eigenvalue weighted by atomic mass is 10.1. The fourth-order valence-corrected chi connectivity index (χ4v) is 4.72. The number of nitrogens with zero attached hydrogens (tertiary/aromatic N) is 3. The summed E-state index contributed by atoms with van der Waals surface area (Å²) in [6, 6.07) is 7.73. The summed E-state index contributed by atoms with van der Waals surface area (Å²) >= 11 is 5.88. The first-order chi connectivity index (χ1) is 17.4. The molecule has 0 radical (unpaired) electrons. The number of carbonyl (C=O) groups is 2. The van der Waals surface area contributed by atoms with Gasteiger partial charge in [-0.05, 0) is 29.8 Å². The van der Waals surface area contributed by atoms with Crippen molar-refractivity contribution < 1.29 is 40.1 Å². The van der Waals surface area contributed by atoms with Gasteiger partial charge in [-0.2, -0.15) is 4.98 Å². The van der Waals surface area contributed by atoms with Gasteiger partial charge in [-0.15, -0.1) is 0 Å². The minimum atomic E-state index is -4.40. The number of aromatic nitrogens is 2. The molecule has 0 fully saturated rings. The maximum atomic E-state index is 15.0. The highest BCUT2D eigenvalue weighted by molar-refractivity contribution is 7.94. The summed E-state index contributed by atoms with van der Waals surface area (Å²) in [5, 5.41) is 5.57. The molecule has 1 aliphatic rings.